The largest absolute Gasteiger partial charge is 0.0943 e. The monoisotopic (exact) mass is 142 g/mol. The van der Waals surface area contributed by atoms with E-state index < -0.39 is 0 Å². The lowest BCUT2D eigenvalue weighted by molar-refractivity contribution is 0.962. The van der Waals surface area contributed by atoms with Crippen LogP contribution in [0, 0.1) is 11.8 Å². The Morgan fingerprint density at radius 1 is 1.36 bits per heavy atom. The van der Waals surface area contributed by atoms with Gasteiger partial charge in [-0.25, -0.2) is 0 Å². The van der Waals surface area contributed by atoms with E-state index in [1.165, 1.54) is 24.0 Å². The minimum Gasteiger partial charge on any atom is -0.0943 e. The Hall–Kier alpha value is -1.22. The second kappa shape index (κ2) is 2.80. The molecule has 0 aliphatic heterocycles. The fourth-order valence-corrected chi connectivity index (χ4v) is 1.42. The van der Waals surface area contributed by atoms with E-state index in [4.69, 9.17) is 0 Å². The quantitative estimate of drug-likeness (QED) is 0.456. The molecule has 0 saturated carbocycles. The fraction of sp³-hybridized carbons (Fsp3) is 0.273. The standard InChI is InChI=1S/C11H10/c1-2-6-10-8-4-5-9-11(10)7-3-1/h5-7,9H,2,4,8H2. The highest BCUT2D eigenvalue weighted by Gasteiger charge is 2.05. The number of rotatable bonds is 0. The molecule has 0 bridgehead atoms. The zero-order chi connectivity index (χ0) is 7.52. The zero-order valence-electron chi connectivity index (χ0n) is 6.43. The maximum atomic E-state index is 3.07. The van der Waals surface area contributed by atoms with Crippen molar-refractivity contribution in [3.63, 3.8) is 0 Å². The molecule has 11 heavy (non-hydrogen) atoms. The Labute approximate surface area is 67.3 Å². The molecule has 0 aromatic heterocycles. The van der Waals surface area contributed by atoms with Crippen molar-refractivity contribution in [2.24, 2.45) is 0 Å². The van der Waals surface area contributed by atoms with Crippen LogP contribution in [0.5, 0.6) is 0 Å². The summed E-state index contributed by atoms with van der Waals surface area (Å²) in [7, 11) is 0. The van der Waals surface area contributed by atoms with Crippen molar-refractivity contribution in [1.82, 2.24) is 0 Å². The maximum absolute atomic E-state index is 3.07. The van der Waals surface area contributed by atoms with Gasteiger partial charge in [0.05, 0.1) is 0 Å². The van der Waals surface area contributed by atoms with E-state index in [0.29, 0.717) is 0 Å². The van der Waals surface area contributed by atoms with Gasteiger partial charge >= 0.3 is 0 Å². The summed E-state index contributed by atoms with van der Waals surface area (Å²) in [6.45, 7) is 0. The first-order valence-electron chi connectivity index (χ1n) is 4.01. The number of fused-ring (bicyclic) bond motifs is 1. The van der Waals surface area contributed by atoms with Gasteiger partial charge in [-0.15, -0.1) is 0 Å². The molecule has 54 valence electrons. The Kier molecular flexibility index (Phi) is 1.65. The number of hydrogen-bond donors (Lipinski definition) is 0. The summed E-state index contributed by atoms with van der Waals surface area (Å²) in [6.07, 6.45) is 12.0. The third-order valence-electron chi connectivity index (χ3n) is 2.03. The molecule has 2 aliphatic rings. The van der Waals surface area contributed by atoms with Crippen LogP contribution in [-0.2, 0) is 0 Å². The van der Waals surface area contributed by atoms with Crippen LogP contribution in [0.2, 0.25) is 0 Å². The molecule has 0 saturated heterocycles. The van der Waals surface area contributed by atoms with E-state index in [2.05, 4.69) is 30.1 Å². The molecular formula is C11H10. The molecule has 0 heteroatoms. The topological polar surface area (TPSA) is 0 Å². The third kappa shape index (κ3) is 1.28. The van der Waals surface area contributed by atoms with Crippen molar-refractivity contribution in [3.05, 3.63) is 35.5 Å². The SMILES string of the molecule is C1#CCC=C2CCC=CC2=C1. The summed E-state index contributed by atoms with van der Waals surface area (Å²) < 4.78 is 0. The summed E-state index contributed by atoms with van der Waals surface area (Å²) in [5.74, 6) is 6.10. The van der Waals surface area contributed by atoms with Gasteiger partial charge in [-0.05, 0) is 30.1 Å². The average molecular weight is 142 g/mol. The molecule has 0 aromatic carbocycles. The molecule has 0 unspecified atom stereocenters. The van der Waals surface area contributed by atoms with Crippen LogP contribution in [0.1, 0.15) is 19.3 Å². The minimum atomic E-state index is 0.920. The molecule has 2 rings (SSSR count). The maximum Gasteiger partial charge on any atom is 0.0279 e. The Balaban J connectivity index is 2.40. The average Bonchev–Trinajstić information content (AvgIpc) is 2.28. The highest BCUT2D eigenvalue weighted by molar-refractivity contribution is 5.48. The van der Waals surface area contributed by atoms with E-state index in [1.54, 1.807) is 0 Å². The van der Waals surface area contributed by atoms with Crippen molar-refractivity contribution in [1.29, 1.82) is 0 Å². The molecule has 0 nitrogen and oxygen atoms in total. The van der Waals surface area contributed by atoms with Crippen LogP contribution in [0.25, 0.3) is 0 Å². The first kappa shape index (κ1) is 6.49. The van der Waals surface area contributed by atoms with Crippen molar-refractivity contribution in [3.8, 4) is 11.8 Å². The molecule has 0 fully saturated rings. The summed E-state index contributed by atoms with van der Waals surface area (Å²) in [4.78, 5) is 0. The second-order valence-electron chi connectivity index (χ2n) is 2.80. The van der Waals surface area contributed by atoms with Gasteiger partial charge in [0.2, 0.25) is 0 Å². The number of allylic oxidation sites excluding steroid dienone is 6. The minimum absolute atomic E-state index is 0.920. The van der Waals surface area contributed by atoms with Crippen LogP contribution in [0.4, 0.5) is 0 Å². The Morgan fingerprint density at radius 3 is 3.36 bits per heavy atom. The smallest absolute Gasteiger partial charge is 0.0279 e. The molecule has 2 aliphatic carbocycles. The lowest BCUT2D eigenvalue weighted by Crippen LogP contribution is -1.91. The van der Waals surface area contributed by atoms with Crippen LogP contribution in [-0.4, -0.2) is 0 Å². The van der Waals surface area contributed by atoms with E-state index in [-0.39, 0.29) is 0 Å². The molecule has 0 heterocycles. The van der Waals surface area contributed by atoms with E-state index in [1.807, 2.05) is 6.08 Å². The second-order valence-corrected chi connectivity index (χ2v) is 2.80. The normalized spacial score (nSPS) is 20.4. The van der Waals surface area contributed by atoms with Crippen molar-refractivity contribution >= 4 is 0 Å². The summed E-state index contributed by atoms with van der Waals surface area (Å²) in [5.41, 5.74) is 2.78. The van der Waals surface area contributed by atoms with Crippen LogP contribution in [0.3, 0.4) is 0 Å². The van der Waals surface area contributed by atoms with Gasteiger partial charge in [0.1, 0.15) is 0 Å². The summed E-state index contributed by atoms with van der Waals surface area (Å²) in [5, 5.41) is 0. The van der Waals surface area contributed by atoms with Crippen molar-refractivity contribution < 1.29 is 0 Å². The lowest BCUT2D eigenvalue weighted by Gasteiger charge is -2.10. The fourth-order valence-electron chi connectivity index (χ4n) is 1.42. The van der Waals surface area contributed by atoms with Gasteiger partial charge in [0, 0.05) is 6.42 Å². The van der Waals surface area contributed by atoms with Crippen LogP contribution in [0.15, 0.2) is 35.5 Å². The van der Waals surface area contributed by atoms with Crippen molar-refractivity contribution in [2.75, 3.05) is 0 Å². The molecule has 0 aromatic rings. The van der Waals surface area contributed by atoms with Gasteiger partial charge < -0.3 is 0 Å². The molecule has 0 spiro atoms. The van der Waals surface area contributed by atoms with Gasteiger partial charge in [0.25, 0.3) is 0 Å². The van der Waals surface area contributed by atoms with E-state index in [9.17, 15) is 0 Å². The molecule has 0 amide bonds. The zero-order valence-corrected chi connectivity index (χ0v) is 6.43. The molecular weight excluding hydrogens is 132 g/mol. The first-order valence-corrected chi connectivity index (χ1v) is 4.01. The van der Waals surface area contributed by atoms with Gasteiger partial charge in [0.15, 0.2) is 0 Å². The van der Waals surface area contributed by atoms with Gasteiger partial charge in [-0.2, -0.15) is 0 Å². The van der Waals surface area contributed by atoms with E-state index >= 15 is 0 Å². The Bertz CT molecular complexity index is 303. The highest BCUT2D eigenvalue weighted by atomic mass is 14.1. The molecule has 0 N–H and O–H groups in total. The predicted octanol–water partition coefficient (Wildman–Crippen LogP) is 2.60. The van der Waals surface area contributed by atoms with Crippen molar-refractivity contribution in [2.45, 2.75) is 19.3 Å². The van der Waals surface area contributed by atoms with Gasteiger partial charge in [-0.1, -0.05) is 30.1 Å². The molecule has 0 atom stereocenters. The van der Waals surface area contributed by atoms with Crippen LogP contribution < -0.4 is 0 Å². The predicted molar refractivity (Wildman–Crippen MR) is 46.9 cm³/mol. The third-order valence-corrected chi connectivity index (χ3v) is 2.03. The number of hydrogen-bond acceptors (Lipinski definition) is 0. The van der Waals surface area contributed by atoms with Crippen LogP contribution >= 0.6 is 0 Å². The summed E-state index contributed by atoms with van der Waals surface area (Å²) in [6, 6.07) is 0. The highest BCUT2D eigenvalue weighted by Crippen LogP contribution is 2.23. The molecule has 0 radical (unpaired) electrons. The van der Waals surface area contributed by atoms with Gasteiger partial charge in [-0.3, -0.25) is 0 Å². The first-order chi connectivity index (χ1) is 5.47. The van der Waals surface area contributed by atoms with E-state index in [0.717, 1.165) is 6.42 Å². The lowest BCUT2D eigenvalue weighted by atomic mass is 9.95. The summed E-state index contributed by atoms with van der Waals surface area (Å²) >= 11 is 0. The Morgan fingerprint density at radius 2 is 2.36 bits per heavy atom.